The number of methoxy groups -OCH3 is 2. The second-order valence-corrected chi connectivity index (χ2v) is 20.6. The van der Waals surface area contributed by atoms with Gasteiger partial charge in [0.25, 0.3) is 0 Å². The van der Waals surface area contributed by atoms with Crippen LogP contribution >= 0.6 is 22.6 Å². The van der Waals surface area contributed by atoms with E-state index in [0.29, 0.717) is 72.8 Å². The molecular weight excluding hydrogens is 988 g/mol. The Labute approximate surface area is 409 Å². The molecule has 360 valence electrons. The smallest absolute Gasteiger partial charge is 0.410 e. The summed E-state index contributed by atoms with van der Waals surface area (Å²) in [7, 11) is 3.23. The first-order chi connectivity index (χ1) is 32.7. The van der Waals surface area contributed by atoms with Crippen LogP contribution in [0.2, 0.25) is 0 Å². The Balaban J connectivity index is 1.10. The summed E-state index contributed by atoms with van der Waals surface area (Å²) in [6, 6.07) is 16.6. The molecule has 5 aromatic rings. The zero-order chi connectivity index (χ0) is 47.6. The van der Waals surface area contributed by atoms with Crippen LogP contribution in [-0.2, 0) is 22.6 Å². The highest BCUT2D eigenvalue weighted by Crippen LogP contribution is 2.48. The second-order valence-electron chi connectivity index (χ2n) is 19.6. The minimum absolute atomic E-state index is 0.00619. The summed E-state index contributed by atoms with van der Waals surface area (Å²) in [5, 5.41) is 0.274. The Hall–Kier alpha value is -5.27. The summed E-state index contributed by atoms with van der Waals surface area (Å²) in [6.45, 7) is 12.9. The Bertz CT molecular complexity index is 2660. The number of carbonyl (C=O) groups excluding carboxylic acids is 1. The van der Waals surface area contributed by atoms with Gasteiger partial charge in [-0.05, 0) is 130 Å². The number of aryl methyl sites for hydroxylation is 1. The Kier molecular flexibility index (Phi) is 12.7. The van der Waals surface area contributed by atoms with E-state index in [4.69, 9.17) is 43.4 Å². The highest BCUT2D eigenvalue weighted by atomic mass is 127. The number of benzene rings is 3. The number of nitrogens with zero attached hydrogens (tertiary/aromatic N) is 7. The molecule has 68 heavy (non-hydrogen) atoms. The van der Waals surface area contributed by atoms with E-state index < -0.39 is 29.4 Å². The fourth-order valence-electron chi connectivity index (χ4n) is 10.9. The number of amides is 1. The number of halogens is 3. The summed E-state index contributed by atoms with van der Waals surface area (Å²) in [5.41, 5.74) is 1.82. The van der Waals surface area contributed by atoms with Gasteiger partial charge >= 0.3 is 12.1 Å². The Morgan fingerprint density at radius 3 is 2.25 bits per heavy atom. The zero-order valence-corrected chi connectivity index (χ0v) is 41.7. The molecule has 5 aliphatic heterocycles. The lowest BCUT2D eigenvalue weighted by Gasteiger charge is -2.48. The molecule has 4 fully saturated rings. The van der Waals surface area contributed by atoms with Crippen LogP contribution in [0.5, 0.6) is 23.4 Å². The van der Waals surface area contributed by atoms with Crippen LogP contribution < -0.4 is 28.7 Å². The number of aromatic nitrogens is 3. The molecule has 0 radical (unpaired) electrons. The standard InChI is InChI=1S/C51H58F2IN7O7/c1-28-22-38(58(23-30-8-15-35(63-6)16-9-30)24-31-10-17-36(64-7)18-11-31)41(52)39(43(28)54)44-42(53)45-40-47(57-49(56-45)66-27-34-13-12-33-26-65-21-20-59(33)34)60-25-32-14-19-37(46(60)29(2)67-48(40)55-44)61(32)50(62)68-51(3,4)5/h8-11,15-18,22,29,32-34,37,46H,12-14,19-21,23-27H2,1-7H3/t29-,32+,33-,34-,37-,46+/m0/s1. The molecule has 0 saturated carbocycles. The molecule has 1 amide bonds. The molecule has 17 heteroatoms. The maximum atomic E-state index is 18.0. The number of hydrogen-bond acceptors (Lipinski definition) is 13. The van der Waals surface area contributed by atoms with Crippen LogP contribution in [0.3, 0.4) is 0 Å². The van der Waals surface area contributed by atoms with E-state index in [2.05, 4.69) is 32.4 Å². The van der Waals surface area contributed by atoms with Crippen LogP contribution in [0.4, 0.5) is 25.1 Å². The number of piperazine rings is 1. The molecule has 3 aromatic carbocycles. The lowest BCUT2D eigenvalue weighted by atomic mass is 9.98. The number of carbonyl (C=O) groups is 1. The van der Waals surface area contributed by atoms with Gasteiger partial charge < -0.3 is 38.2 Å². The summed E-state index contributed by atoms with van der Waals surface area (Å²) >= 11 is 2.08. The van der Waals surface area contributed by atoms with Gasteiger partial charge in [-0.2, -0.15) is 9.97 Å². The van der Waals surface area contributed by atoms with E-state index in [1.54, 1.807) is 20.3 Å². The topological polar surface area (TPSA) is 124 Å². The van der Waals surface area contributed by atoms with Gasteiger partial charge in [0.1, 0.15) is 52.2 Å². The third-order valence-electron chi connectivity index (χ3n) is 14.1. The maximum Gasteiger partial charge on any atom is 0.410 e. The van der Waals surface area contributed by atoms with Crippen LogP contribution in [0, 0.1) is 22.1 Å². The normalized spacial score (nSPS) is 23.1. The molecule has 6 atom stereocenters. The van der Waals surface area contributed by atoms with Gasteiger partial charge in [0.05, 0.1) is 56.8 Å². The first-order valence-electron chi connectivity index (χ1n) is 23.5. The fraction of sp³-hybridized carbons (Fsp3) is 0.490. The molecule has 7 heterocycles. The number of ether oxygens (including phenoxy) is 6. The van der Waals surface area contributed by atoms with Crippen LogP contribution in [0.15, 0.2) is 54.6 Å². The number of rotatable bonds is 11. The van der Waals surface area contributed by atoms with Crippen molar-refractivity contribution in [3.8, 4) is 34.6 Å². The van der Waals surface area contributed by atoms with E-state index in [1.807, 2.05) is 92.9 Å². The summed E-state index contributed by atoms with van der Waals surface area (Å²) < 4.78 is 72.4. The maximum absolute atomic E-state index is 18.0. The van der Waals surface area contributed by atoms with Crippen molar-refractivity contribution in [1.82, 2.24) is 24.8 Å². The largest absolute Gasteiger partial charge is 0.497 e. The van der Waals surface area contributed by atoms with Gasteiger partial charge in [0, 0.05) is 41.8 Å². The van der Waals surface area contributed by atoms with E-state index in [-0.39, 0.29) is 64.0 Å². The molecular formula is C51H58F2IN7O7. The molecule has 0 spiro atoms. The molecule has 10 rings (SSSR count). The average Bonchev–Trinajstić information content (AvgIpc) is 3.85. The SMILES string of the molecule is COc1ccc(CN(Cc2ccc(OC)cc2)c2cc(C)c(I)c(-c3nc4c5c(nc(OC[C@@H]6CC[C@H]7COCCN76)nc5c3F)N3C[C@H]5CC[C@@H]([C@H]3[C@H](C)O4)N5C(=O)OC(C)(C)C)c2F)cc1. The third kappa shape index (κ3) is 8.71. The van der Waals surface area contributed by atoms with E-state index in [9.17, 15) is 4.79 Å². The van der Waals surface area contributed by atoms with Gasteiger partial charge in [-0.3, -0.25) is 9.80 Å². The monoisotopic (exact) mass is 1050 g/mol. The van der Waals surface area contributed by atoms with Crippen molar-refractivity contribution in [1.29, 1.82) is 0 Å². The molecule has 2 bridgehead atoms. The summed E-state index contributed by atoms with van der Waals surface area (Å²) in [5.74, 6) is 0.443. The zero-order valence-electron chi connectivity index (χ0n) is 39.6. The Morgan fingerprint density at radius 2 is 1.59 bits per heavy atom. The van der Waals surface area contributed by atoms with Gasteiger partial charge in [-0.15, -0.1) is 0 Å². The van der Waals surface area contributed by atoms with E-state index in [0.717, 1.165) is 42.5 Å². The van der Waals surface area contributed by atoms with Gasteiger partial charge in [-0.1, -0.05) is 24.3 Å². The van der Waals surface area contributed by atoms with Crippen molar-refractivity contribution in [2.75, 3.05) is 56.9 Å². The number of morpholine rings is 1. The second kappa shape index (κ2) is 18.6. The quantitative estimate of drug-likeness (QED) is 0.117. The molecule has 5 aliphatic rings. The summed E-state index contributed by atoms with van der Waals surface area (Å²) in [4.78, 5) is 37.0. The van der Waals surface area contributed by atoms with Gasteiger partial charge in [0.15, 0.2) is 11.6 Å². The predicted octanol–water partition coefficient (Wildman–Crippen LogP) is 9.09. The molecule has 4 saturated heterocycles. The molecule has 0 unspecified atom stereocenters. The average molecular weight is 1050 g/mol. The highest BCUT2D eigenvalue weighted by molar-refractivity contribution is 14.1. The first kappa shape index (κ1) is 46.5. The number of fused-ring (bicyclic) bond motifs is 6. The lowest BCUT2D eigenvalue weighted by Crippen LogP contribution is -2.65. The minimum Gasteiger partial charge on any atom is -0.497 e. The molecule has 0 aliphatic carbocycles. The number of hydrogen-bond donors (Lipinski definition) is 0. The van der Waals surface area contributed by atoms with Gasteiger partial charge in [0.2, 0.25) is 5.88 Å². The number of anilines is 2. The third-order valence-corrected chi connectivity index (χ3v) is 15.5. The van der Waals surface area contributed by atoms with Crippen molar-refractivity contribution in [3.05, 3.63) is 86.5 Å². The van der Waals surface area contributed by atoms with Crippen LogP contribution in [0.1, 0.15) is 70.1 Å². The molecule has 2 aromatic heterocycles. The van der Waals surface area contributed by atoms with Crippen molar-refractivity contribution in [2.45, 2.75) is 115 Å². The first-order valence-corrected chi connectivity index (χ1v) is 24.6. The molecule has 14 nitrogen and oxygen atoms in total. The molecule has 0 N–H and O–H groups in total. The fourth-order valence-corrected chi connectivity index (χ4v) is 11.5. The van der Waals surface area contributed by atoms with Crippen LogP contribution in [0.25, 0.3) is 22.2 Å². The summed E-state index contributed by atoms with van der Waals surface area (Å²) in [6.07, 6.45) is 2.42. The number of pyridine rings is 1. The van der Waals surface area contributed by atoms with Gasteiger partial charge in [-0.25, -0.2) is 18.6 Å². The van der Waals surface area contributed by atoms with Crippen molar-refractivity contribution in [2.24, 2.45) is 0 Å². The van der Waals surface area contributed by atoms with E-state index in [1.165, 1.54) is 0 Å². The van der Waals surface area contributed by atoms with Crippen molar-refractivity contribution in [3.63, 3.8) is 0 Å². The minimum atomic E-state index is -0.818. The van der Waals surface area contributed by atoms with Crippen molar-refractivity contribution >= 4 is 51.1 Å². The van der Waals surface area contributed by atoms with E-state index >= 15 is 8.78 Å². The lowest BCUT2D eigenvalue weighted by molar-refractivity contribution is -0.0101. The highest BCUT2D eigenvalue weighted by Gasteiger charge is 2.54. The predicted molar refractivity (Wildman–Crippen MR) is 262 cm³/mol. The Morgan fingerprint density at radius 1 is 0.912 bits per heavy atom. The van der Waals surface area contributed by atoms with Crippen molar-refractivity contribution < 1.29 is 42.0 Å². The van der Waals surface area contributed by atoms with Crippen LogP contribution in [-0.4, -0.2) is 120 Å².